The van der Waals surface area contributed by atoms with Gasteiger partial charge in [0.2, 0.25) is 0 Å². The van der Waals surface area contributed by atoms with Crippen LogP contribution in [0.15, 0.2) is 5.38 Å². The highest BCUT2D eigenvalue weighted by Gasteiger charge is 2.24. The van der Waals surface area contributed by atoms with Crippen molar-refractivity contribution < 1.29 is 9.90 Å². The molecule has 5 nitrogen and oxygen atoms in total. The molecule has 2 atom stereocenters. The van der Waals surface area contributed by atoms with Crippen LogP contribution in [0.2, 0.25) is 0 Å². The molecule has 19 heavy (non-hydrogen) atoms. The number of aromatic nitrogens is 1. The van der Waals surface area contributed by atoms with E-state index in [4.69, 9.17) is 0 Å². The number of aliphatic hydroxyl groups is 1. The summed E-state index contributed by atoms with van der Waals surface area (Å²) in [4.78, 5) is 18.3. The Balaban J connectivity index is 1.89. The molecule has 1 fully saturated rings. The maximum absolute atomic E-state index is 12.2. The van der Waals surface area contributed by atoms with Gasteiger partial charge < -0.3 is 15.3 Å². The third kappa shape index (κ3) is 3.67. The van der Waals surface area contributed by atoms with Crippen molar-refractivity contribution in [1.29, 1.82) is 0 Å². The minimum Gasteiger partial charge on any atom is -0.396 e. The Morgan fingerprint density at radius 1 is 1.74 bits per heavy atom. The number of nitrogens with zero attached hydrogens (tertiary/aromatic N) is 2. The van der Waals surface area contributed by atoms with E-state index in [1.54, 1.807) is 16.2 Å². The van der Waals surface area contributed by atoms with Crippen LogP contribution in [0.1, 0.15) is 36.5 Å². The number of thiazole rings is 1. The van der Waals surface area contributed by atoms with Crippen molar-refractivity contribution in [3.05, 3.63) is 16.1 Å². The highest BCUT2D eigenvalue weighted by atomic mass is 32.1. The van der Waals surface area contributed by atoms with Gasteiger partial charge in [0.25, 0.3) is 0 Å². The molecule has 0 aliphatic carbocycles. The van der Waals surface area contributed by atoms with Gasteiger partial charge in [-0.1, -0.05) is 0 Å². The molecule has 2 rings (SSSR count). The summed E-state index contributed by atoms with van der Waals surface area (Å²) < 4.78 is 0. The first-order valence-corrected chi connectivity index (χ1v) is 7.56. The molecule has 2 N–H and O–H groups in total. The first-order chi connectivity index (χ1) is 9.10. The maximum Gasteiger partial charge on any atom is 0.317 e. The van der Waals surface area contributed by atoms with Crippen LogP contribution in [0, 0.1) is 12.8 Å². The Labute approximate surface area is 117 Å². The fraction of sp³-hybridized carbons (Fsp3) is 0.692. The minimum atomic E-state index is -0.0688. The van der Waals surface area contributed by atoms with Gasteiger partial charge in [-0.3, -0.25) is 0 Å². The van der Waals surface area contributed by atoms with E-state index in [0.29, 0.717) is 6.54 Å². The second-order valence-electron chi connectivity index (χ2n) is 5.14. The first kappa shape index (κ1) is 14.3. The van der Waals surface area contributed by atoms with Gasteiger partial charge in [-0.15, -0.1) is 11.3 Å². The van der Waals surface area contributed by atoms with E-state index in [0.717, 1.165) is 30.1 Å². The molecular formula is C13H21N3O2S. The molecular weight excluding hydrogens is 262 g/mol. The van der Waals surface area contributed by atoms with Gasteiger partial charge in [-0.25, -0.2) is 9.78 Å². The second-order valence-corrected chi connectivity index (χ2v) is 6.02. The average Bonchev–Trinajstić information content (AvgIpc) is 2.85. The van der Waals surface area contributed by atoms with E-state index in [9.17, 15) is 9.90 Å². The summed E-state index contributed by atoms with van der Waals surface area (Å²) in [6, 6.07) is -0.126. The Hall–Kier alpha value is -1.14. The fourth-order valence-electron chi connectivity index (χ4n) is 2.31. The number of amides is 2. The number of nitrogens with one attached hydrogen (secondary N) is 1. The fourth-order valence-corrected chi connectivity index (χ4v) is 3.11. The van der Waals surface area contributed by atoms with Crippen molar-refractivity contribution >= 4 is 17.4 Å². The third-order valence-electron chi connectivity index (χ3n) is 3.41. The van der Waals surface area contributed by atoms with Crippen LogP contribution < -0.4 is 5.32 Å². The van der Waals surface area contributed by atoms with Crippen molar-refractivity contribution in [3.8, 4) is 0 Å². The van der Waals surface area contributed by atoms with E-state index in [-0.39, 0.29) is 24.6 Å². The molecule has 2 amide bonds. The number of carbonyl (C=O) groups excluding carboxylic acids is 1. The smallest absolute Gasteiger partial charge is 0.317 e. The topological polar surface area (TPSA) is 65.5 Å². The van der Waals surface area contributed by atoms with Crippen LogP contribution >= 0.6 is 11.3 Å². The summed E-state index contributed by atoms with van der Waals surface area (Å²) in [5.41, 5.74) is 0.986. The van der Waals surface area contributed by atoms with Gasteiger partial charge in [-0.05, 0) is 32.6 Å². The predicted octanol–water partition coefficient (Wildman–Crippen LogP) is 1.93. The lowest BCUT2D eigenvalue weighted by molar-refractivity contribution is 0.128. The van der Waals surface area contributed by atoms with Crippen molar-refractivity contribution in [2.75, 3.05) is 19.7 Å². The number of hydrogen-bond donors (Lipinski definition) is 2. The van der Waals surface area contributed by atoms with Crippen LogP contribution in [0.25, 0.3) is 0 Å². The van der Waals surface area contributed by atoms with Gasteiger partial charge >= 0.3 is 6.03 Å². The molecule has 0 aromatic carbocycles. The molecule has 1 aromatic rings. The minimum absolute atomic E-state index is 0.0569. The van der Waals surface area contributed by atoms with Crippen LogP contribution in [-0.4, -0.2) is 40.7 Å². The molecule has 6 heteroatoms. The number of aliphatic hydroxyl groups excluding tert-OH is 1. The number of aryl methyl sites for hydroxylation is 1. The molecule has 1 aliphatic heterocycles. The van der Waals surface area contributed by atoms with E-state index in [1.807, 2.05) is 19.2 Å². The number of piperidine rings is 1. The van der Waals surface area contributed by atoms with Crippen molar-refractivity contribution in [3.63, 3.8) is 0 Å². The van der Waals surface area contributed by atoms with Crippen LogP contribution in [-0.2, 0) is 0 Å². The number of hydrogen-bond acceptors (Lipinski definition) is 4. The van der Waals surface area contributed by atoms with Crippen LogP contribution in [0.3, 0.4) is 0 Å². The Morgan fingerprint density at radius 3 is 3.16 bits per heavy atom. The summed E-state index contributed by atoms with van der Waals surface area (Å²) in [5.74, 6) is 0.219. The lowest BCUT2D eigenvalue weighted by atomic mass is 9.99. The van der Waals surface area contributed by atoms with Crippen molar-refractivity contribution in [1.82, 2.24) is 15.2 Å². The van der Waals surface area contributed by atoms with Gasteiger partial charge in [-0.2, -0.15) is 0 Å². The Bertz CT molecular complexity index is 435. The van der Waals surface area contributed by atoms with E-state index in [2.05, 4.69) is 10.3 Å². The molecule has 2 heterocycles. The Kier molecular flexibility index (Phi) is 4.76. The zero-order chi connectivity index (χ0) is 13.8. The molecule has 0 spiro atoms. The zero-order valence-corrected chi connectivity index (χ0v) is 12.2. The number of likely N-dealkylation sites (tertiary alicyclic amines) is 1. The monoisotopic (exact) mass is 283 g/mol. The lowest BCUT2D eigenvalue weighted by Gasteiger charge is -2.32. The zero-order valence-electron chi connectivity index (χ0n) is 11.4. The summed E-state index contributed by atoms with van der Waals surface area (Å²) in [7, 11) is 0. The van der Waals surface area contributed by atoms with Crippen LogP contribution in [0.5, 0.6) is 0 Å². The van der Waals surface area contributed by atoms with Crippen LogP contribution in [0.4, 0.5) is 4.79 Å². The highest BCUT2D eigenvalue weighted by molar-refractivity contribution is 7.09. The van der Waals surface area contributed by atoms with E-state index < -0.39 is 0 Å². The van der Waals surface area contributed by atoms with Gasteiger partial charge in [0.05, 0.1) is 6.04 Å². The number of rotatable bonds is 3. The van der Waals surface area contributed by atoms with Gasteiger partial charge in [0.1, 0.15) is 5.01 Å². The molecule has 1 aliphatic rings. The van der Waals surface area contributed by atoms with Gasteiger partial charge in [0.15, 0.2) is 0 Å². The summed E-state index contributed by atoms with van der Waals surface area (Å²) in [6.07, 6.45) is 1.96. The van der Waals surface area contributed by atoms with Crippen molar-refractivity contribution in [2.45, 2.75) is 32.7 Å². The van der Waals surface area contributed by atoms with Crippen molar-refractivity contribution in [2.24, 2.45) is 5.92 Å². The molecule has 106 valence electrons. The van der Waals surface area contributed by atoms with E-state index >= 15 is 0 Å². The quantitative estimate of drug-likeness (QED) is 0.891. The highest BCUT2D eigenvalue weighted by Crippen LogP contribution is 2.19. The number of urea groups is 1. The summed E-state index contributed by atoms with van der Waals surface area (Å²) >= 11 is 1.57. The Morgan fingerprint density at radius 2 is 2.53 bits per heavy atom. The lowest BCUT2D eigenvalue weighted by Crippen LogP contribution is -2.46. The molecule has 1 aromatic heterocycles. The standard InChI is InChI=1S/C13H21N3O2S/c1-9-8-19-12(14-9)10(2)15-13(18)16-5-3-4-11(6-16)7-17/h8,10-11,17H,3-7H2,1-2H3,(H,15,18). The van der Waals surface area contributed by atoms with Gasteiger partial charge in [0, 0.05) is 30.8 Å². The number of carbonyl (C=O) groups is 1. The normalized spacial score (nSPS) is 21.2. The third-order valence-corrected chi connectivity index (χ3v) is 4.56. The first-order valence-electron chi connectivity index (χ1n) is 6.68. The summed E-state index contributed by atoms with van der Waals surface area (Å²) in [5, 5.41) is 15.1. The second kappa shape index (κ2) is 6.34. The predicted molar refractivity (Wildman–Crippen MR) is 75.2 cm³/mol. The molecule has 0 bridgehead atoms. The summed E-state index contributed by atoms with van der Waals surface area (Å²) in [6.45, 7) is 5.47. The molecule has 0 radical (unpaired) electrons. The van der Waals surface area contributed by atoms with E-state index in [1.165, 1.54) is 0 Å². The molecule has 0 saturated carbocycles. The average molecular weight is 283 g/mol. The maximum atomic E-state index is 12.2. The molecule has 2 unspecified atom stereocenters. The molecule has 1 saturated heterocycles. The SMILES string of the molecule is Cc1csc(C(C)NC(=O)N2CCCC(CO)C2)n1. The largest absolute Gasteiger partial charge is 0.396 e.